The Morgan fingerprint density at radius 1 is 1.39 bits per heavy atom. The number of nitrogens with zero attached hydrogens (tertiary/aromatic N) is 3. The van der Waals surface area contributed by atoms with Gasteiger partial charge < -0.3 is 9.73 Å². The summed E-state index contributed by atoms with van der Waals surface area (Å²) in [5.74, 6) is 0.683. The van der Waals surface area contributed by atoms with Gasteiger partial charge in [-0.3, -0.25) is 9.48 Å². The molecule has 3 aromatic rings. The molecule has 0 aliphatic rings. The topological polar surface area (TPSA) is 73.0 Å². The van der Waals surface area contributed by atoms with Crippen LogP contribution in [0.15, 0.2) is 52.4 Å². The first-order valence-electron chi connectivity index (χ1n) is 7.53. The zero-order chi connectivity index (χ0) is 16.1. The Balaban J connectivity index is 1.48. The van der Waals surface area contributed by atoms with Crippen molar-refractivity contribution in [3.8, 4) is 0 Å². The molecular formula is C16H18N4O2S. The third-order valence-electron chi connectivity index (χ3n) is 3.43. The Bertz CT molecular complexity index is 736. The van der Waals surface area contributed by atoms with Crippen LogP contribution in [0.5, 0.6) is 0 Å². The second-order valence-electron chi connectivity index (χ2n) is 5.00. The number of hydrogen-bond donors (Lipinski definition) is 1. The highest BCUT2D eigenvalue weighted by molar-refractivity contribution is 7.99. The van der Waals surface area contributed by atoms with Gasteiger partial charge in [0.15, 0.2) is 5.58 Å². The van der Waals surface area contributed by atoms with Gasteiger partial charge in [0, 0.05) is 24.7 Å². The van der Waals surface area contributed by atoms with Crippen molar-refractivity contribution in [1.82, 2.24) is 20.1 Å². The van der Waals surface area contributed by atoms with Gasteiger partial charge in [0.05, 0.1) is 0 Å². The monoisotopic (exact) mass is 330 g/mol. The highest BCUT2D eigenvalue weighted by atomic mass is 32.2. The van der Waals surface area contributed by atoms with Gasteiger partial charge in [-0.1, -0.05) is 30.8 Å². The van der Waals surface area contributed by atoms with Gasteiger partial charge in [-0.15, -0.1) is 0 Å². The molecule has 1 unspecified atom stereocenters. The van der Waals surface area contributed by atoms with Crippen molar-refractivity contribution < 1.29 is 9.21 Å². The number of rotatable bonds is 7. The number of hydrogen-bond acceptors (Lipinski definition) is 5. The molecule has 120 valence electrons. The fraction of sp³-hybridized carbons (Fsp3) is 0.312. The predicted octanol–water partition coefficient (Wildman–Crippen LogP) is 2.88. The van der Waals surface area contributed by atoms with Crippen LogP contribution in [-0.2, 0) is 4.79 Å². The molecular weight excluding hydrogens is 312 g/mol. The number of para-hydroxylation sites is 2. The molecule has 2 aromatic heterocycles. The van der Waals surface area contributed by atoms with E-state index in [0.717, 1.165) is 11.1 Å². The fourth-order valence-electron chi connectivity index (χ4n) is 2.30. The molecule has 1 amide bonds. The average Bonchev–Trinajstić information content (AvgIpc) is 3.21. The maximum Gasteiger partial charge on any atom is 0.256 e. The number of aromatic nitrogens is 3. The zero-order valence-electron chi connectivity index (χ0n) is 12.8. The number of carbonyl (C=O) groups excluding carboxylic acids is 1. The first-order valence-corrected chi connectivity index (χ1v) is 8.51. The summed E-state index contributed by atoms with van der Waals surface area (Å²) in [6, 6.07) is 9.21. The van der Waals surface area contributed by atoms with Crippen LogP contribution >= 0.6 is 11.8 Å². The smallest absolute Gasteiger partial charge is 0.256 e. The van der Waals surface area contributed by atoms with Gasteiger partial charge in [-0.25, -0.2) is 4.98 Å². The number of amides is 1. The molecule has 1 N–H and O–H groups in total. The molecule has 3 rings (SSSR count). The minimum atomic E-state index is -0.265. The SMILES string of the molecule is CCC(C(=O)NCCSc1nc2ccccc2o1)n1cccn1. The van der Waals surface area contributed by atoms with Crippen molar-refractivity contribution in [3.63, 3.8) is 0 Å². The Hall–Kier alpha value is -2.28. The minimum absolute atomic E-state index is 0.0191. The number of oxazole rings is 1. The van der Waals surface area contributed by atoms with Crippen molar-refractivity contribution in [2.45, 2.75) is 24.6 Å². The van der Waals surface area contributed by atoms with E-state index >= 15 is 0 Å². The quantitative estimate of drug-likeness (QED) is 0.533. The summed E-state index contributed by atoms with van der Waals surface area (Å²) in [6.45, 7) is 2.53. The van der Waals surface area contributed by atoms with Crippen LogP contribution in [-0.4, -0.2) is 33.0 Å². The number of benzene rings is 1. The van der Waals surface area contributed by atoms with Gasteiger partial charge in [0.25, 0.3) is 5.22 Å². The van der Waals surface area contributed by atoms with Crippen molar-refractivity contribution in [1.29, 1.82) is 0 Å². The highest BCUT2D eigenvalue weighted by Crippen LogP contribution is 2.22. The molecule has 0 aliphatic carbocycles. The number of thioether (sulfide) groups is 1. The summed E-state index contributed by atoms with van der Waals surface area (Å²) in [4.78, 5) is 16.6. The van der Waals surface area contributed by atoms with Crippen LogP contribution in [0.1, 0.15) is 19.4 Å². The van der Waals surface area contributed by atoms with Gasteiger partial charge in [0.1, 0.15) is 11.6 Å². The highest BCUT2D eigenvalue weighted by Gasteiger charge is 2.17. The summed E-state index contributed by atoms with van der Waals surface area (Å²) in [5, 5.41) is 7.69. The maximum atomic E-state index is 12.2. The van der Waals surface area contributed by atoms with Crippen LogP contribution in [0.25, 0.3) is 11.1 Å². The van der Waals surface area contributed by atoms with E-state index in [1.54, 1.807) is 17.1 Å². The first kappa shape index (κ1) is 15.6. The standard InChI is InChI=1S/C16H18N4O2S/c1-2-13(20-10-5-8-18-20)15(21)17-9-11-23-16-19-12-6-3-4-7-14(12)22-16/h3-8,10,13H,2,9,11H2,1H3,(H,17,21). The summed E-state index contributed by atoms with van der Waals surface area (Å²) < 4.78 is 7.31. The van der Waals surface area contributed by atoms with Gasteiger partial charge in [0.2, 0.25) is 5.91 Å². The van der Waals surface area contributed by atoms with Crippen LogP contribution in [0.2, 0.25) is 0 Å². The van der Waals surface area contributed by atoms with E-state index in [-0.39, 0.29) is 11.9 Å². The lowest BCUT2D eigenvalue weighted by atomic mass is 10.2. The van der Waals surface area contributed by atoms with E-state index in [0.29, 0.717) is 23.9 Å². The number of fused-ring (bicyclic) bond motifs is 1. The maximum absolute atomic E-state index is 12.2. The van der Waals surface area contributed by atoms with E-state index < -0.39 is 0 Å². The van der Waals surface area contributed by atoms with Crippen molar-refractivity contribution in [3.05, 3.63) is 42.7 Å². The van der Waals surface area contributed by atoms with Gasteiger partial charge in [-0.2, -0.15) is 5.10 Å². The van der Waals surface area contributed by atoms with Crippen LogP contribution in [0.3, 0.4) is 0 Å². The van der Waals surface area contributed by atoms with Crippen LogP contribution < -0.4 is 5.32 Å². The molecule has 23 heavy (non-hydrogen) atoms. The number of nitrogens with one attached hydrogen (secondary N) is 1. The molecule has 0 spiro atoms. The summed E-state index contributed by atoms with van der Waals surface area (Å²) >= 11 is 1.49. The summed E-state index contributed by atoms with van der Waals surface area (Å²) in [5.41, 5.74) is 1.63. The minimum Gasteiger partial charge on any atom is -0.431 e. The third kappa shape index (κ3) is 3.73. The predicted molar refractivity (Wildman–Crippen MR) is 89.3 cm³/mol. The molecule has 1 aromatic carbocycles. The van der Waals surface area contributed by atoms with E-state index in [9.17, 15) is 4.79 Å². The lowest BCUT2D eigenvalue weighted by Gasteiger charge is -2.15. The van der Waals surface area contributed by atoms with Crippen LogP contribution in [0.4, 0.5) is 0 Å². The molecule has 0 saturated carbocycles. The molecule has 0 bridgehead atoms. The average molecular weight is 330 g/mol. The van der Waals surface area contributed by atoms with E-state index in [2.05, 4.69) is 15.4 Å². The third-order valence-corrected chi connectivity index (χ3v) is 4.26. The molecule has 0 saturated heterocycles. The van der Waals surface area contributed by atoms with Crippen molar-refractivity contribution in [2.24, 2.45) is 0 Å². The molecule has 0 aliphatic heterocycles. The Labute approximate surface area is 138 Å². The van der Waals surface area contributed by atoms with Crippen molar-refractivity contribution in [2.75, 3.05) is 12.3 Å². The van der Waals surface area contributed by atoms with Gasteiger partial charge >= 0.3 is 0 Å². The summed E-state index contributed by atoms with van der Waals surface area (Å²) in [7, 11) is 0. The molecule has 2 heterocycles. The second kappa shape index (κ2) is 7.32. The van der Waals surface area contributed by atoms with Crippen molar-refractivity contribution >= 4 is 28.8 Å². The van der Waals surface area contributed by atoms with E-state index in [4.69, 9.17) is 4.42 Å². The molecule has 0 radical (unpaired) electrons. The lowest BCUT2D eigenvalue weighted by molar-refractivity contribution is -0.124. The molecule has 1 atom stereocenters. The molecule has 7 heteroatoms. The normalized spacial score (nSPS) is 12.4. The largest absolute Gasteiger partial charge is 0.431 e. The second-order valence-corrected chi connectivity index (χ2v) is 6.04. The van der Waals surface area contributed by atoms with Gasteiger partial charge in [-0.05, 0) is 24.6 Å². The zero-order valence-corrected chi connectivity index (χ0v) is 13.6. The summed E-state index contributed by atoms with van der Waals surface area (Å²) in [6.07, 6.45) is 4.19. The van der Waals surface area contributed by atoms with Crippen LogP contribution in [0, 0.1) is 0 Å². The molecule has 0 fully saturated rings. The lowest BCUT2D eigenvalue weighted by Crippen LogP contribution is -2.33. The molecule has 6 nitrogen and oxygen atoms in total. The Morgan fingerprint density at radius 2 is 2.26 bits per heavy atom. The van der Waals surface area contributed by atoms with E-state index in [1.165, 1.54) is 11.8 Å². The van der Waals surface area contributed by atoms with E-state index in [1.807, 2.05) is 37.3 Å². The Kier molecular flexibility index (Phi) is 4.97. The first-order chi connectivity index (χ1) is 11.3. The fourth-order valence-corrected chi connectivity index (χ4v) is 2.99. The Morgan fingerprint density at radius 3 is 3.00 bits per heavy atom. The number of carbonyl (C=O) groups is 1.